The van der Waals surface area contributed by atoms with Crippen LogP contribution in [0.2, 0.25) is 0 Å². The molecule has 0 aliphatic rings. The van der Waals surface area contributed by atoms with Crippen molar-refractivity contribution >= 4 is 5.91 Å². The first-order chi connectivity index (χ1) is 10.1. The van der Waals surface area contributed by atoms with Gasteiger partial charge in [0, 0.05) is 0 Å². The largest absolute Gasteiger partial charge is 0.491 e. The Morgan fingerprint density at radius 1 is 1.36 bits per heavy atom. The molecule has 0 aromatic heterocycles. The number of para-hydroxylation sites is 1. The molecule has 0 aliphatic carbocycles. The highest BCUT2D eigenvalue weighted by Gasteiger charge is 2.34. The number of rotatable bonds is 5. The van der Waals surface area contributed by atoms with Crippen LogP contribution in [0.1, 0.15) is 26.3 Å². The Kier molecular flexibility index (Phi) is 5.42. The Balaban J connectivity index is 2.68. The van der Waals surface area contributed by atoms with E-state index in [0.29, 0.717) is 0 Å². The zero-order valence-corrected chi connectivity index (χ0v) is 12.5. The number of carbonyl (C=O) groups is 1. The van der Waals surface area contributed by atoms with Crippen LogP contribution >= 0.6 is 0 Å². The molecule has 0 saturated carbocycles. The Labute approximate surface area is 126 Å². The summed E-state index contributed by atoms with van der Waals surface area (Å²) in [5.74, 6) is -0.800. The lowest BCUT2D eigenvalue weighted by Gasteiger charge is -2.21. The van der Waals surface area contributed by atoms with Gasteiger partial charge >= 0.3 is 6.18 Å². The summed E-state index contributed by atoms with van der Waals surface area (Å²) in [6, 6.07) is 6.17. The molecule has 0 unspecified atom stereocenters. The average molecular weight is 314 g/mol. The van der Waals surface area contributed by atoms with Gasteiger partial charge in [-0.25, -0.2) is 0 Å². The van der Waals surface area contributed by atoms with E-state index in [0.717, 1.165) is 6.07 Å². The number of hydrogen-bond donors (Lipinski definition) is 1. The summed E-state index contributed by atoms with van der Waals surface area (Å²) in [7, 11) is 0. The number of hydrogen-bond acceptors (Lipinski definition) is 3. The van der Waals surface area contributed by atoms with Crippen molar-refractivity contribution < 1.29 is 22.7 Å². The zero-order chi connectivity index (χ0) is 17.0. The summed E-state index contributed by atoms with van der Waals surface area (Å²) in [6.07, 6.45) is -4.51. The van der Waals surface area contributed by atoms with E-state index in [-0.39, 0.29) is 12.4 Å². The monoisotopic (exact) mass is 314 g/mol. The molecule has 1 aromatic carbocycles. The summed E-state index contributed by atoms with van der Waals surface area (Å²) in [5, 5.41) is 11.4. The van der Waals surface area contributed by atoms with E-state index < -0.39 is 29.1 Å². The number of benzene rings is 1. The maximum atomic E-state index is 12.8. The number of nitriles is 1. The number of alkyl halides is 3. The van der Waals surface area contributed by atoms with Crippen molar-refractivity contribution in [1.82, 2.24) is 5.32 Å². The minimum absolute atomic E-state index is 0.139. The van der Waals surface area contributed by atoms with Gasteiger partial charge in [0.15, 0.2) is 0 Å². The zero-order valence-electron chi connectivity index (χ0n) is 12.5. The van der Waals surface area contributed by atoms with Crippen LogP contribution in [0.4, 0.5) is 13.2 Å². The molecule has 1 atom stereocenters. The lowest BCUT2D eigenvalue weighted by Crippen LogP contribution is -2.43. The molecule has 0 heterocycles. The molecule has 0 saturated heterocycles. The Morgan fingerprint density at radius 3 is 2.50 bits per heavy atom. The Bertz CT molecular complexity index is 577. The molecule has 22 heavy (non-hydrogen) atoms. The second-order valence-electron chi connectivity index (χ2n) is 5.42. The fourth-order valence-electron chi connectivity index (χ4n) is 1.54. The molecular weight excluding hydrogens is 297 g/mol. The number of nitrogens with one attached hydrogen (secondary N) is 1. The highest BCUT2D eigenvalue weighted by molar-refractivity contribution is 5.84. The van der Waals surface area contributed by atoms with Crippen LogP contribution in [0.5, 0.6) is 5.75 Å². The fraction of sp³-hybridized carbons (Fsp3) is 0.467. The second kappa shape index (κ2) is 6.69. The number of halogens is 3. The molecule has 0 spiro atoms. The highest BCUT2D eigenvalue weighted by atomic mass is 19.4. The van der Waals surface area contributed by atoms with Crippen molar-refractivity contribution in [2.45, 2.75) is 33.0 Å². The van der Waals surface area contributed by atoms with Crippen molar-refractivity contribution in [3.63, 3.8) is 0 Å². The van der Waals surface area contributed by atoms with Gasteiger partial charge in [-0.3, -0.25) is 4.79 Å². The summed E-state index contributed by atoms with van der Waals surface area (Å²) in [6.45, 7) is 4.35. The van der Waals surface area contributed by atoms with Crippen molar-refractivity contribution in [3.05, 3.63) is 29.8 Å². The maximum absolute atomic E-state index is 12.8. The first kappa shape index (κ1) is 17.8. The average Bonchev–Trinajstić information content (AvgIpc) is 2.44. The molecule has 0 radical (unpaired) electrons. The molecule has 0 fully saturated rings. The summed E-state index contributed by atoms with van der Waals surface area (Å²) >= 11 is 0. The van der Waals surface area contributed by atoms with Crippen LogP contribution in [0.3, 0.4) is 0 Å². The first-order valence-corrected chi connectivity index (χ1v) is 6.59. The number of ether oxygens (including phenoxy) is 1. The maximum Gasteiger partial charge on any atom is 0.419 e. The molecule has 1 rings (SSSR count). The van der Waals surface area contributed by atoms with Gasteiger partial charge in [0.1, 0.15) is 17.8 Å². The van der Waals surface area contributed by atoms with Gasteiger partial charge in [-0.15, -0.1) is 0 Å². The van der Waals surface area contributed by atoms with Crippen molar-refractivity contribution in [2.24, 2.45) is 5.41 Å². The van der Waals surface area contributed by atoms with Gasteiger partial charge in [-0.1, -0.05) is 12.1 Å². The predicted octanol–water partition coefficient (Wildman–Crippen LogP) is 3.14. The van der Waals surface area contributed by atoms with E-state index in [9.17, 15) is 18.0 Å². The molecule has 0 aliphatic heterocycles. The van der Waals surface area contributed by atoms with Crippen LogP contribution in [0, 0.1) is 16.7 Å². The first-order valence-electron chi connectivity index (χ1n) is 6.59. The minimum atomic E-state index is -4.51. The number of amides is 1. The Hall–Kier alpha value is -2.23. The van der Waals surface area contributed by atoms with Crippen LogP contribution in [-0.2, 0) is 11.0 Å². The van der Waals surface area contributed by atoms with Crippen LogP contribution < -0.4 is 10.1 Å². The van der Waals surface area contributed by atoms with E-state index in [1.54, 1.807) is 6.92 Å². The lowest BCUT2D eigenvalue weighted by molar-refractivity contribution is -0.139. The molecular formula is C15H17F3N2O2. The Morgan fingerprint density at radius 2 is 1.95 bits per heavy atom. The second-order valence-corrected chi connectivity index (χ2v) is 5.42. The summed E-state index contributed by atoms with van der Waals surface area (Å²) in [5.41, 5.74) is -2.08. The summed E-state index contributed by atoms with van der Waals surface area (Å²) < 4.78 is 43.6. The van der Waals surface area contributed by atoms with Gasteiger partial charge in [0.2, 0.25) is 5.91 Å². The van der Waals surface area contributed by atoms with Crippen LogP contribution in [0.15, 0.2) is 24.3 Å². The third kappa shape index (κ3) is 4.65. The van der Waals surface area contributed by atoms with E-state index in [1.807, 2.05) is 6.07 Å². The lowest BCUT2D eigenvalue weighted by atomic mass is 9.94. The van der Waals surface area contributed by atoms with Crippen molar-refractivity contribution in [2.75, 3.05) is 6.61 Å². The normalized spacial score (nSPS) is 13.1. The van der Waals surface area contributed by atoms with Gasteiger partial charge in [-0.05, 0) is 32.9 Å². The quantitative estimate of drug-likeness (QED) is 0.908. The van der Waals surface area contributed by atoms with Crippen LogP contribution in [-0.4, -0.2) is 18.6 Å². The van der Waals surface area contributed by atoms with Gasteiger partial charge in [0.05, 0.1) is 17.7 Å². The van der Waals surface area contributed by atoms with E-state index in [4.69, 9.17) is 10.00 Å². The topological polar surface area (TPSA) is 62.1 Å². The number of nitrogens with zero attached hydrogens (tertiary/aromatic N) is 1. The molecule has 120 valence electrons. The third-order valence-electron chi connectivity index (χ3n) is 2.91. The van der Waals surface area contributed by atoms with Gasteiger partial charge < -0.3 is 10.1 Å². The SMILES string of the molecule is C[C@@H](COc1ccccc1C(F)(F)F)NC(=O)C(C)(C)C#N. The van der Waals surface area contributed by atoms with Gasteiger partial charge in [0.25, 0.3) is 0 Å². The molecule has 1 amide bonds. The molecule has 1 aromatic rings. The predicted molar refractivity (Wildman–Crippen MR) is 73.9 cm³/mol. The standard InChI is InChI=1S/C15H17F3N2O2/c1-10(20-13(21)14(2,3)9-19)8-22-12-7-5-4-6-11(12)15(16,17)18/h4-7,10H,8H2,1-3H3,(H,20,21)/t10-/m0/s1. The molecule has 4 nitrogen and oxygen atoms in total. The van der Waals surface area contributed by atoms with E-state index >= 15 is 0 Å². The highest BCUT2D eigenvalue weighted by Crippen LogP contribution is 2.35. The third-order valence-corrected chi connectivity index (χ3v) is 2.91. The molecule has 0 bridgehead atoms. The smallest absolute Gasteiger partial charge is 0.419 e. The van der Waals surface area contributed by atoms with Crippen LogP contribution in [0.25, 0.3) is 0 Å². The fourth-order valence-corrected chi connectivity index (χ4v) is 1.54. The number of carbonyl (C=O) groups excluding carboxylic acids is 1. The van der Waals surface area contributed by atoms with Crippen molar-refractivity contribution in [1.29, 1.82) is 5.26 Å². The molecule has 1 N–H and O–H groups in total. The van der Waals surface area contributed by atoms with E-state index in [1.165, 1.54) is 32.0 Å². The van der Waals surface area contributed by atoms with Crippen molar-refractivity contribution in [3.8, 4) is 11.8 Å². The summed E-state index contributed by atoms with van der Waals surface area (Å²) in [4.78, 5) is 11.8. The minimum Gasteiger partial charge on any atom is -0.491 e. The van der Waals surface area contributed by atoms with E-state index in [2.05, 4.69) is 5.32 Å². The molecule has 7 heteroatoms. The van der Waals surface area contributed by atoms with Gasteiger partial charge in [-0.2, -0.15) is 18.4 Å².